The van der Waals surface area contributed by atoms with Gasteiger partial charge in [-0.2, -0.15) is 0 Å². The Morgan fingerprint density at radius 2 is 2.07 bits per heavy atom. The number of phenolic OH excluding ortho intramolecular Hbond substituents is 1. The molecule has 1 heterocycles. The molecule has 1 aromatic rings. The maximum absolute atomic E-state index is 9.23. The first kappa shape index (κ1) is 10.3. The fourth-order valence-corrected chi connectivity index (χ4v) is 2.31. The Morgan fingerprint density at radius 1 is 1.33 bits per heavy atom. The number of anilines is 1. The molecule has 3 N–H and O–H groups in total. The van der Waals surface area contributed by atoms with Crippen molar-refractivity contribution in [2.75, 3.05) is 18.0 Å². The van der Waals surface area contributed by atoms with Gasteiger partial charge in [0.15, 0.2) is 0 Å². The van der Waals surface area contributed by atoms with Crippen molar-refractivity contribution in [1.82, 2.24) is 0 Å². The molecule has 0 amide bonds. The van der Waals surface area contributed by atoms with Crippen LogP contribution < -0.4 is 10.6 Å². The lowest BCUT2D eigenvalue weighted by Gasteiger charge is -2.26. The Balaban J connectivity index is 2.11. The van der Waals surface area contributed by atoms with Gasteiger partial charge in [0.25, 0.3) is 0 Å². The highest BCUT2D eigenvalue weighted by Gasteiger charge is 2.23. The molecule has 1 atom stereocenters. The first-order chi connectivity index (χ1) is 7.31. The molecule has 0 spiro atoms. The lowest BCUT2D eigenvalue weighted by atomic mass is 10.1. The lowest BCUT2D eigenvalue weighted by molar-refractivity contribution is 0.475. The van der Waals surface area contributed by atoms with Gasteiger partial charge in [-0.25, -0.2) is 0 Å². The highest BCUT2D eigenvalue weighted by molar-refractivity contribution is 5.50. The molecule has 15 heavy (non-hydrogen) atoms. The average Bonchev–Trinajstić information content (AvgIpc) is 2.68. The first-order valence-electron chi connectivity index (χ1n) is 5.57. The Kier molecular flexibility index (Phi) is 3.11. The molecule has 0 aliphatic carbocycles. The van der Waals surface area contributed by atoms with Crippen LogP contribution in [0.1, 0.15) is 19.3 Å². The summed E-state index contributed by atoms with van der Waals surface area (Å²) in [5.41, 5.74) is 6.80. The van der Waals surface area contributed by atoms with Gasteiger partial charge < -0.3 is 15.7 Å². The van der Waals surface area contributed by atoms with Crippen LogP contribution in [-0.4, -0.2) is 24.2 Å². The van der Waals surface area contributed by atoms with E-state index in [-0.39, 0.29) is 0 Å². The molecule has 2 rings (SSSR count). The summed E-state index contributed by atoms with van der Waals surface area (Å²) < 4.78 is 0. The quantitative estimate of drug-likeness (QED) is 0.791. The molecular weight excluding hydrogens is 188 g/mol. The summed E-state index contributed by atoms with van der Waals surface area (Å²) >= 11 is 0. The molecule has 3 nitrogen and oxygen atoms in total. The van der Waals surface area contributed by atoms with E-state index in [4.69, 9.17) is 5.73 Å². The molecule has 1 aliphatic heterocycles. The fourth-order valence-electron chi connectivity index (χ4n) is 2.31. The Bertz CT molecular complexity index is 310. The summed E-state index contributed by atoms with van der Waals surface area (Å²) in [4.78, 5) is 2.40. The second kappa shape index (κ2) is 4.53. The van der Waals surface area contributed by atoms with Crippen molar-refractivity contribution in [3.05, 3.63) is 24.3 Å². The maximum atomic E-state index is 9.23. The molecule has 1 fully saturated rings. The molecule has 0 bridgehead atoms. The van der Waals surface area contributed by atoms with Crippen LogP contribution in [0.3, 0.4) is 0 Å². The normalized spacial score (nSPS) is 20.9. The van der Waals surface area contributed by atoms with Gasteiger partial charge in [-0.1, -0.05) is 0 Å². The minimum atomic E-state index is 0.327. The molecule has 82 valence electrons. The van der Waals surface area contributed by atoms with Gasteiger partial charge >= 0.3 is 0 Å². The molecule has 1 saturated heterocycles. The van der Waals surface area contributed by atoms with Crippen LogP contribution in [0.15, 0.2) is 24.3 Å². The van der Waals surface area contributed by atoms with E-state index in [0.29, 0.717) is 11.8 Å². The van der Waals surface area contributed by atoms with E-state index in [9.17, 15) is 5.11 Å². The highest BCUT2D eigenvalue weighted by Crippen LogP contribution is 2.28. The largest absolute Gasteiger partial charge is 0.508 e. The van der Waals surface area contributed by atoms with E-state index in [2.05, 4.69) is 4.90 Å². The number of aromatic hydroxyl groups is 1. The second-order valence-corrected chi connectivity index (χ2v) is 4.08. The molecular formula is C12H18N2O. The van der Waals surface area contributed by atoms with Gasteiger partial charge in [-0.15, -0.1) is 0 Å². The molecule has 0 aromatic heterocycles. The van der Waals surface area contributed by atoms with Crippen molar-refractivity contribution < 1.29 is 5.11 Å². The third-order valence-corrected chi connectivity index (χ3v) is 3.06. The van der Waals surface area contributed by atoms with Crippen LogP contribution in [0.5, 0.6) is 5.75 Å². The monoisotopic (exact) mass is 206 g/mol. The number of nitrogens with zero attached hydrogens (tertiary/aromatic N) is 1. The van der Waals surface area contributed by atoms with E-state index >= 15 is 0 Å². The zero-order chi connectivity index (χ0) is 10.7. The van der Waals surface area contributed by atoms with E-state index in [1.54, 1.807) is 12.1 Å². The Labute approximate surface area is 90.5 Å². The summed E-state index contributed by atoms with van der Waals surface area (Å²) in [6, 6.07) is 8.02. The van der Waals surface area contributed by atoms with Gasteiger partial charge in [-0.3, -0.25) is 0 Å². The minimum Gasteiger partial charge on any atom is -0.508 e. The van der Waals surface area contributed by atoms with Crippen molar-refractivity contribution in [2.24, 2.45) is 5.73 Å². The summed E-state index contributed by atoms with van der Waals surface area (Å²) in [5, 5.41) is 9.23. The van der Waals surface area contributed by atoms with Gasteiger partial charge in [0.05, 0.1) is 0 Å². The standard InChI is InChI=1S/C12H18N2O/c13-8-7-10-2-1-9-14(10)11-3-5-12(15)6-4-11/h3-6,10,15H,1-2,7-9,13H2. The average molecular weight is 206 g/mol. The number of hydrogen-bond acceptors (Lipinski definition) is 3. The third kappa shape index (κ3) is 2.23. The summed E-state index contributed by atoms with van der Waals surface area (Å²) in [7, 11) is 0. The van der Waals surface area contributed by atoms with Crippen LogP contribution in [0, 0.1) is 0 Å². The van der Waals surface area contributed by atoms with Crippen LogP contribution in [0.25, 0.3) is 0 Å². The number of rotatable bonds is 3. The predicted molar refractivity (Wildman–Crippen MR) is 62.1 cm³/mol. The molecule has 3 heteroatoms. The topological polar surface area (TPSA) is 49.5 Å². The molecule has 1 aliphatic rings. The van der Waals surface area contributed by atoms with Gasteiger partial charge in [0.2, 0.25) is 0 Å². The summed E-state index contributed by atoms with van der Waals surface area (Å²) in [6.07, 6.45) is 3.53. The highest BCUT2D eigenvalue weighted by atomic mass is 16.3. The zero-order valence-electron chi connectivity index (χ0n) is 8.89. The lowest BCUT2D eigenvalue weighted by Crippen LogP contribution is -2.30. The van der Waals surface area contributed by atoms with Gasteiger partial charge in [-0.05, 0) is 50.1 Å². The Morgan fingerprint density at radius 3 is 2.73 bits per heavy atom. The third-order valence-electron chi connectivity index (χ3n) is 3.06. The van der Waals surface area contributed by atoms with E-state index < -0.39 is 0 Å². The number of hydrogen-bond donors (Lipinski definition) is 2. The maximum Gasteiger partial charge on any atom is 0.115 e. The zero-order valence-corrected chi connectivity index (χ0v) is 8.89. The van der Waals surface area contributed by atoms with Crippen LogP contribution in [-0.2, 0) is 0 Å². The molecule has 0 radical (unpaired) electrons. The molecule has 1 unspecified atom stereocenters. The van der Waals surface area contributed by atoms with E-state index in [0.717, 1.165) is 19.5 Å². The van der Waals surface area contributed by atoms with Crippen molar-refractivity contribution in [2.45, 2.75) is 25.3 Å². The SMILES string of the molecule is NCCC1CCCN1c1ccc(O)cc1. The predicted octanol–water partition coefficient (Wildman–Crippen LogP) is 1.71. The van der Waals surface area contributed by atoms with Crippen molar-refractivity contribution in [3.63, 3.8) is 0 Å². The van der Waals surface area contributed by atoms with Gasteiger partial charge in [0.1, 0.15) is 5.75 Å². The smallest absolute Gasteiger partial charge is 0.115 e. The van der Waals surface area contributed by atoms with Crippen LogP contribution in [0.2, 0.25) is 0 Å². The first-order valence-corrected chi connectivity index (χ1v) is 5.57. The van der Waals surface area contributed by atoms with E-state index in [1.807, 2.05) is 12.1 Å². The van der Waals surface area contributed by atoms with Crippen LogP contribution in [0.4, 0.5) is 5.69 Å². The van der Waals surface area contributed by atoms with E-state index in [1.165, 1.54) is 18.5 Å². The molecule has 1 aromatic carbocycles. The molecule has 0 saturated carbocycles. The van der Waals surface area contributed by atoms with Crippen LogP contribution >= 0.6 is 0 Å². The summed E-state index contributed by atoms with van der Waals surface area (Å²) in [6.45, 7) is 1.86. The van der Waals surface area contributed by atoms with Crippen molar-refractivity contribution >= 4 is 5.69 Å². The Hall–Kier alpha value is -1.22. The number of nitrogens with two attached hydrogens (primary N) is 1. The van der Waals surface area contributed by atoms with Crippen molar-refractivity contribution in [3.8, 4) is 5.75 Å². The number of benzene rings is 1. The van der Waals surface area contributed by atoms with Gasteiger partial charge in [0, 0.05) is 18.3 Å². The summed E-state index contributed by atoms with van der Waals surface area (Å²) in [5.74, 6) is 0.327. The fraction of sp³-hybridized carbons (Fsp3) is 0.500. The number of phenols is 1. The van der Waals surface area contributed by atoms with Crippen molar-refractivity contribution in [1.29, 1.82) is 0 Å². The minimum absolute atomic E-state index is 0.327. The second-order valence-electron chi connectivity index (χ2n) is 4.08.